The average molecular weight is 286 g/mol. The molecule has 0 heterocycles. The zero-order chi connectivity index (χ0) is 15.7. The second-order valence-corrected chi connectivity index (χ2v) is 4.94. The number of hydrogen-bond donors (Lipinski definition) is 0. The Balaban J connectivity index is 3.91. The molecular formula is C14H22O6. The first-order chi connectivity index (χ1) is 9.20. The molecule has 0 aromatic carbocycles. The van der Waals surface area contributed by atoms with Crippen LogP contribution < -0.4 is 0 Å². The van der Waals surface area contributed by atoms with Crippen molar-refractivity contribution in [3.63, 3.8) is 0 Å². The molecule has 6 heteroatoms. The minimum absolute atomic E-state index is 0.229. The molecule has 0 fully saturated rings. The number of ether oxygens (including phenoxy) is 2. The molecule has 6 nitrogen and oxygen atoms in total. The molecule has 0 aromatic heterocycles. The Bertz CT molecular complexity index is 338. The summed E-state index contributed by atoms with van der Waals surface area (Å²) < 4.78 is 10.1. The highest BCUT2D eigenvalue weighted by Crippen LogP contribution is 2.09. The maximum absolute atomic E-state index is 11.2. The fraction of sp³-hybridized carbons (Fsp3) is 0.714. The monoisotopic (exact) mass is 286 g/mol. The van der Waals surface area contributed by atoms with Gasteiger partial charge in [-0.2, -0.15) is 0 Å². The molecule has 20 heavy (non-hydrogen) atoms. The number of Topliss-reactive ketones (excluding diaryl/α,β-unsaturated/α-hetero) is 2. The number of hydrogen-bond acceptors (Lipinski definition) is 6. The highest BCUT2D eigenvalue weighted by atomic mass is 16.5. The van der Waals surface area contributed by atoms with E-state index in [-0.39, 0.29) is 36.6 Å². The molecule has 0 aliphatic heterocycles. The van der Waals surface area contributed by atoms with Gasteiger partial charge >= 0.3 is 11.9 Å². The van der Waals surface area contributed by atoms with Crippen molar-refractivity contribution in [3.8, 4) is 0 Å². The molecular weight excluding hydrogens is 264 g/mol. The second-order valence-electron chi connectivity index (χ2n) is 4.94. The van der Waals surface area contributed by atoms with Gasteiger partial charge in [-0.1, -0.05) is 0 Å². The van der Waals surface area contributed by atoms with Gasteiger partial charge in [-0.3, -0.25) is 19.2 Å². The van der Waals surface area contributed by atoms with Gasteiger partial charge in [0.25, 0.3) is 0 Å². The molecule has 0 spiro atoms. The Morgan fingerprint density at radius 2 is 1.05 bits per heavy atom. The standard InChI is InChI=1S/C14H22O6/c1-9(15)7-13(17)19-11(3)5-6-12(4)20-14(18)8-10(2)16/h11-12H,5-8H2,1-4H3. The van der Waals surface area contributed by atoms with Gasteiger partial charge in [0.05, 0.1) is 12.2 Å². The van der Waals surface area contributed by atoms with E-state index in [1.165, 1.54) is 13.8 Å². The molecule has 0 bridgehead atoms. The minimum atomic E-state index is -0.550. The van der Waals surface area contributed by atoms with Crippen molar-refractivity contribution < 1.29 is 28.7 Å². The fourth-order valence-corrected chi connectivity index (χ4v) is 1.53. The summed E-state index contributed by atoms with van der Waals surface area (Å²) in [5.74, 6) is -1.58. The van der Waals surface area contributed by atoms with Crippen LogP contribution in [0.1, 0.15) is 53.4 Å². The lowest BCUT2D eigenvalue weighted by Gasteiger charge is -2.16. The van der Waals surface area contributed by atoms with E-state index in [9.17, 15) is 19.2 Å². The van der Waals surface area contributed by atoms with Crippen molar-refractivity contribution in [2.24, 2.45) is 0 Å². The van der Waals surface area contributed by atoms with Crippen LogP contribution in [0.3, 0.4) is 0 Å². The third-order valence-corrected chi connectivity index (χ3v) is 2.43. The second kappa shape index (κ2) is 9.23. The van der Waals surface area contributed by atoms with Gasteiger partial charge in [0, 0.05) is 0 Å². The summed E-state index contributed by atoms with van der Waals surface area (Å²) >= 11 is 0. The largest absolute Gasteiger partial charge is 0.462 e. The van der Waals surface area contributed by atoms with Crippen LogP contribution in [-0.2, 0) is 28.7 Å². The molecule has 2 atom stereocenters. The average Bonchev–Trinajstić information content (AvgIpc) is 2.23. The molecule has 0 saturated carbocycles. The zero-order valence-corrected chi connectivity index (χ0v) is 12.4. The van der Waals surface area contributed by atoms with Gasteiger partial charge in [0.15, 0.2) is 0 Å². The predicted molar refractivity (Wildman–Crippen MR) is 70.9 cm³/mol. The Morgan fingerprint density at radius 1 is 0.750 bits per heavy atom. The van der Waals surface area contributed by atoms with Gasteiger partial charge in [0.2, 0.25) is 0 Å². The number of rotatable bonds is 9. The maximum atomic E-state index is 11.2. The van der Waals surface area contributed by atoms with Crippen molar-refractivity contribution in [2.75, 3.05) is 0 Å². The van der Waals surface area contributed by atoms with E-state index in [1.54, 1.807) is 13.8 Å². The van der Waals surface area contributed by atoms with Crippen LogP contribution in [0.15, 0.2) is 0 Å². The van der Waals surface area contributed by atoms with Crippen LogP contribution >= 0.6 is 0 Å². The molecule has 2 unspecified atom stereocenters. The van der Waals surface area contributed by atoms with E-state index in [4.69, 9.17) is 9.47 Å². The summed E-state index contributed by atoms with van der Waals surface area (Å²) in [7, 11) is 0. The van der Waals surface area contributed by atoms with Crippen molar-refractivity contribution in [3.05, 3.63) is 0 Å². The van der Waals surface area contributed by atoms with E-state index >= 15 is 0 Å². The molecule has 0 rings (SSSR count). The van der Waals surface area contributed by atoms with Crippen molar-refractivity contribution in [1.29, 1.82) is 0 Å². The Morgan fingerprint density at radius 3 is 1.30 bits per heavy atom. The normalized spacial score (nSPS) is 13.2. The smallest absolute Gasteiger partial charge is 0.313 e. The van der Waals surface area contributed by atoms with Crippen LogP contribution in [0.4, 0.5) is 0 Å². The number of esters is 2. The highest BCUT2D eigenvalue weighted by molar-refractivity contribution is 5.94. The van der Waals surface area contributed by atoms with Crippen LogP contribution in [0.5, 0.6) is 0 Å². The van der Waals surface area contributed by atoms with Crippen LogP contribution in [0, 0.1) is 0 Å². The van der Waals surface area contributed by atoms with Gasteiger partial charge in [-0.25, -0.2) is 0 Å². The van der Waals surface area contributed by atoms with Crippen molar-refractivity contribution in [2.45, 2.75) is 65.6 Å². The zero-order valence-electron chi connectivity index (χ0n) is 12.4. The third kappa shape index (κ3) is 10.2. The first-order valence-electron chi connectivity index (χ1n) is 6.58. The lowest BCUT2D eigenvalue weighted by Crippen LogP contribution is -2.21. The molecule has 114 valence electrons. The lowest BCUT2D eigenvalue weighted by atomic mass is 10.1. The van der Waals surface area contributed by atoms with Gasteiger partial charge < -0.3 is 9.47 Å². The Labute approximate surface area is 118 Å². The summed E-state index contributed by atoms with van der Waals surface area (Å²) in [6, 6.07) is 0. The number of ketones is 2. The summed E-state index contributed by atoms with van der Waals surface area (Å²) in [6.45, 7) is 6.06. The van der Waals surface area contributed by atoms with Gasteiger partial charge in [-0.15, -0.1) is 0 Å². The molecule has 0 amide bonds. The van der Waals surface area contributed by atoms with E-state index in [0.717, 1.165) is 0 Å². The minimum Gasteiger partial charge on any atom is -0.462 e. The van der Waals surface area contributed by atoms with Gasteiger partial charge in [0.1, 0.15) is 24.4 Å². The number of carbonyl (C=O) groups excluding carboxylic acids is 4. The summed E-state index contributed by atoms with van der Waals surface area (Å²) in [6.07, 6.45) is -0.135. The fourth-order valence-electron chi connectivity index (χ4n) is 1.53. The molecule has 0 aromatic rings. The first-order valence-corrected chi connectivity index (χ1v) is 6.58. The molecule has 0 N–H and O–H groups in total. The van der Waals surface area contributed by atoms with Crippen molar-refractivity contribution in [1.82, 2.24) is 0 Å². The molecule has 0 aliphatic rings. The molecule has 0 aliphatic carbocycles. The summed E-state index contributed by atoms with van der Waals surface area (Å²) in [5.41, 5.74) is 0. The number of carbonyl (C=O) groups is 4. The maximum Gasteiger partial charge on any atom is 0.313 e. The Hall–Kier alpha value is -1.72. The summed E-state index contributed by atoms with van der Waals surface area (Å²) in [4.78, 5) is 43.9. The molecule has 0 saturated heterocycles. The summed E-state index contributed by atoms with van der Waals surface area (Å²) in [5, 5.41) is 0. The van der Waals surface area contributed by atoms with E-state index < -0.39 is 11.9 Å². The lowest BCUT2D eigenvalue weighted by molar-refractivity contribution is -0.154. The quantitative estimate of drug-likeness (QED) is 0.472. The molecule has 0 radical (unpaired) electrons. The van der Waals surface area contributed by atoms with Crippen LogP contribution in [0.25, 0.3) is 0 Å². The third-order valence-electron chi connectivity index (χ3n) is 2.43. The SMILES string of the molecule is CC(=O)CC(=O)OC(C)CCC(C)OC(=O)CC(C)=O. The van der Waals surface area contributed by atoms with Crippen molar-refractivity contribution >= 4 is 23.5 Å². The van der Waals surface area contributed by atoms with E-state index in [2.05, 4.69) is 0 Å². The predicted octanol–water partition coefficient (Wildman–Crippen LogP) is 1.59. The van der Waals surface area contributed by atoms with E-state index in [0.29, 0.717) is 12.8 Å². The van der Waals surface area contributed by atoms with Crippen LogP contribution in [0.2, 0.25) is 0 Å². The van der Waals surface area contributed by atoms with Crippen LogP contribution in [-0.4, -0.2) is 35.7 Å². The highest BCUT2D eigenvalue weighted by Gasteiger charge is 2.15. The van der Waals surface area contributed by atoms with Gasteiger partial charge in [-0.05, 0) is 40.5 Å². The first kappa shape index (κ1) is 18.3. The topological polar surface area (TPSA) is 86.7 Å². The Kier molecular flexibility index (Phi) is 8.43. The van der Waals surface area contributed by atoms with E-state index in [1.807, 2.05) is 0 Å².